The van der Waals surface area contributed by atoms with Crippen LogP contribution >= 0.6 is 0 Å². The number of aliphatic hydroxyl groups is 1. The Morgan fingerprint density at radius 2 is 1.78 bits per heavy atom. The monoisotopic (exact) mass is 827 g/mol. The second-order valence-corrected chi connectivity index (χ2v) is 16.5. The number of likely N-dealkylation sites (tertiary alicyclic amines) is 1. The molecule has 5 N–H and O–H groups in total. The molecule has 2 saturated heterocycles. The lowest BCUT2D eigenvalue weighted by Gasteiger charge is -2.37. The van der Waals surface area contributed by atoms with E-state index in [4.69, 9.17) is 10.1 Å². The van der Waals surface area contributed by atoms with Crippen LogP contribution in [0.25, 0.3) is 0 Å². The molecule has 58 heavy (non-hydrogen) atoms. The van der Waals surface area contributed by atoms with Gasteiger partial charge in [-0.05, 0) is 112 Å². The topological polar surface area (TPSA) is 176 Å². The number of ether oxygens (including phenoxy) is 1. The van der Waals surface area contributed by atoms with Gasteiger partial charge < -0.3 is 30.7 Å². The third-order valence-electron chi connectivity index (χ3n) is 11.3. The summed E-state index contributed by atoms with van der Waals surface area (Å²) in [7, 11) is 1.96. The zero-order valence-electron chi connectivity index (χ0n) is 32.8. The highest BCUT2D eigenvalue weighted by molar-refractivity contribution is 7.82. The fourth-order valence-electron chi connectivity index (χ4n) is 7.85. The maximum atomic E-state index is 13.7. The Morgan fingerprint density at radius 1 is 1.05 bits per heavy atom. The average molecular weight is 828 g/mol. The third kappa shape index (κ3) is 10.7. The second kappa shape index (κ2) is 19.4. The molecule has 0 radical (unpaired) electrons. The predicted octanol–water partition coefficient (Wildman–Crippen LogP) is 5.11. The zero-order valence-corrected chi connectivity index (χ0v) is 33.6. The Bertz CT molecular complexity index is 1920. The summed E-state index contributed by atoms with van der Waals surface area (Å²) in [5.74, 6) is -0.00641. The maximum absolute atomic E-state index is 13.7. The fourth-order valence-corrected chi connectivity index (χ4v) is 9.06. The van der Waals surface area contributed by atoms with Crippen molar-refractivity contribution in [3.05, 3.63) is 65.4 Å². The number of anilines is 3. The number of aliphatic hydroxyl groups excluding tert-OH is 1. The highest BCUT2D eigenvalue weighted by Gasteiger charge is 2.38. The molecule has 0 bridgehead atoms. The summed E-state index contributed by atoms with van der Waals surface area (Å²) in [6.45, 7) is 4.45. The summed E-state index contributed by atoms with van der Waals surface area (Å²) < 4.78 is 62.0. The lowest BCUT2D eigenvalue weighted by Crippen LogP contribution is -2.41. The Kier molecular flexibility index (Phi) is 14.4. The van der Waals surface area contributed by atoms with Crippen molar-refractivity contribution >= 4 is 46.5 Å². The summed E-state index contributed by atoms with van der Waals surface area (Å²) in [6, 6.07) is 12.8. The van der Waals surface area contributed by atoms with E-state index in [9.17, 15) is 32.1 Å². The number of benzene rings is 2. The predicted molar refractivity (Wildman–Crippen MR) is 214 cm³/mol. The van der Waals surface area contributed by atoms with Gasteiger partial charge in [-0.1, -0.05) is 6.07 Å². The van der Waals surface area contributed by atoms with E-state index in [1.54, 1.807) is 31.3 Å². The molecule has 1 saturated carbocycles. The molecule has 2 aromatic carbocycles. The first-order chi connectivity index (χ1) is 27.9. The molecule has 2 aliphatic heterocycles. The van der Waals surface area contributed by atoms with Crippen LogP contribution < -0.4 is 20.7 Å². The van der Waals surface area contributed by atoms with Crippen LogP contribution in [0.5, 0.6) is 5.88 Å². The van der Waals surface area contributed by atoms with E-state index >= 15 is 0 Å². The smallest absolute Gasteiger partial charge is 0.423 e. The van der Waals surface area contributed by atoms with Crippen LogP contribution in [-0.2, 0) is 26.8 Å². The van der Waals surface area contributed by atoms with E-state index in [0.717, 1.165) is 51.0 Å². The number of piperidine rings is 2. The molecule has 2 amide bonds. The number of hydrogen-bond acceptors (Lipinski definition) is 11. The molecule has 18 heteroatoms. The summed E-state index contributed by atoms with van der Waals surface area (Å²) >= 11 is 0. The van der Waals surface area contributed by atoms with Gasteiger partial charge in [0.25, 0.3) is 0 Å². The van der Waals surface area contributed by atoms with Crippen molar-refractivity contribution < 1.29 is 36.8 Å². The van der Waals surface area contributed by atoms with Crippen LogP contribution in [0.4, 0.5) is 30.5 Å². The molecule has 6 rings (SSSR count). The number of rotatable bonds is 15. The number of nitrogens with one attached hydrogen (secondary N) is 4. The van der Waals surface area contributed by atoms with Gasteiger partial charge in [0.1, 0.15) is 28.5 Å². The van der Waals surface area contributed by atoms with Gasteiger partial charge >= 0.3 is 6.18 Å². The van der Waals surface area contributed by atoms with Gasteiger partial charge in [0, 0.05) is 69.8 Å². The number of carbonyl (C=O) groups excluding carboxylic acids is 2. The van der Waals surface area contributed by atoms with E-state index < -0.39 is 40.8 Å². The molecule has 3 heterocycles. The maximum Gasteiger partial charge on any atom is 0.423 e. The molecule has 3 aromatic rings. The zero-order chi connectivity index (χ0) is 41.4. The van der Waals surface area contributed by atoms with Crippen molar-refractivity contribution in [1.29, 1.82) is 5.41 Å². The Labute approximate surface area is 339 Å². The minimum atomic E-state index is -4.72. The molecule has 3 fully saturated rings. The number of nitrogens with zero attached hydrogens (tertiary/aromatic N) is 5. The number of amides is 2. The van der Waals surface area contributed by atoms with Crippen molar-refractivity contribution in [1.82, 2.24) is 29.4 Å². The number of carbonyl (C=O) groups is 2. The molecule has 3 aliphatic rings. The Hall–Kier alpha value is -4.65. The van der Waals surface area contributed by atoms with Crippen molar-refractivity contribution in [3.63, 3.8) is 0 Å². The van der Waals surface area contributed by atoms with Gasteiger partial charge in [0.2, 0.25) is 24.1 Å². The van der Waals surface area contributed by atoms with Crippen LogP contribution in [-0.4, -0.2) is 117 Å². The Morgan fingerprint density at radius 3 is 2.40 bits per heavy atom. The molecule has 3 unspecified atom stereocenters. The largest absolute Gasteiger partial charge is 0.471 e. The van der Waals surface area contributed by atoms with Crippen LogP contribution in [0, 0.1) is 11.3 Å². The van der Waals surface area contributed by atoms with E-state index in [-0.39, 0.29) is 30.7 Å². The van der Waals surface area contributed by atoms with Crippen molar-refractivity contribution in [2.24, 2.45) is 5.92 Å². The van der Waals surface area contributed by atoms with Crippen LogP contribution in [0.1, 0.15) is 74.0 Å². The highest BCUT2D eigenvalue weighted by Crippen LogP contribution is 2.38. The molecule has 1 aromatic heterocycles. The minimum Gasteiger partial charge on any atom is -0.471 e. The van der Waals surface area contributed by atoms with Crippen molar-refractivity contribution in [3.8, 4) is 5.88 Å². The van der Waals surface area contributed by atoms with Gasteiger partial charge in [-0.2, -0.15) is 18.2 Å². The summed E-state index contributed by atoms with van der Waals surface area (Å²) in [6.07, 6.45) is 0.416. The molecule has 314 valence electrons. The quantitative estimate of drug-likeness (QED) is 0.0787. The molecular formula is C40H52F3N9O5S. The van der Waals surface area contributed by atoms with E-state index in [1.165, 1.54) is 17.5 Å². The van der Waals surface area contributed by atoms with Crippen LogP contribution in [0.15, 0.2) is 53.6 Å². The van der Waals surface area contributed by atoms with Gasteiger partial charge in [-0.15, -0.1) is 0 Å². The molecule has 14 nitrogen and oxygen atoms in total. The molecule has 3 atom stereocenters. The second-order valence-electron chi connectivity index (χ2n) is 15.0. The molecule has 1 aliphatic carbocycles. The summed E-state index contributed by atoms with van der Waals surface area (Å²) in [5, 5.41) is 27.3. The first kappa shape index (κ1) is 42.9. The number of alkyl halides is 3. The van der Waals surface area contributed by atoms with E-state index in [1.807, 2.05) is 16.4 Å². The third-order valence-corrected chi connectivity index (χ3v) is 12.8. The number of aromatic nitrogens is 2. The minimum absolute atomic E-state index is 0.0442. The summed E-state index contributed by atoms with van der Waals surface area (Å²) in [4.78, 5) is 35.6. The lowest BCUT2D eigenvalue weighted by molar-refractivity contribution is -0.140. The van der Waals surface area contributed by atoms with E-state index in [2.05, 4.69) is 36.9 Å². The van der Waals surface area contributed by atoms with Gasteiger partial charge in [-0.3, -0.25) is 19.9 Å². The molecule has 0 spiro atoms. The van der Waals surface area contributed by atoms with Crippen molar-refractivity contribution in [2.75, 3.05) is 64.0 Å². The first-order valence-corrected chi connectivity index (χ1v) is 20.9. The average Bonchev–Trinajstić information content (AvgIpc) is 3.64. The van der Waals surface area contributed by atoms with E-state index in [0.29, 0.717) is 72.9 Å². The normalized spacial score (nSPS) is 20.3. The van der Waals surface area contributed by atoms with Crippen LogP contribution in [0.2, 0.25) is 0 Å². The van der Waals surface area contributed by atoms with Gasteiger partial charge in [0.15, 0.2) is 0 Å². The SMILES string of the molecule is CNC(=O)CCN(C=O)C(=N)c1ccc(C2CCN(CC3CCN(S(=O)c4ccc(Nc5ncc(C(F)(F)F)c(OC6CCCC6O)n5)cc4)CC3)CC2)cc1NC. The molecular weight excluding hydrogens is 776 g/mol. The lowest BCUT2D eigenvalue weighted by atomic mass is 9.87. The first-order valence-electron chi connectivity index (χ1n) is 19.7. The van der Waals surface area contributed by atoms with Crippen molar-refractivity contribution in [2.45, 2.75) is 80.6 Å². The Balaban J connectivity index is 0.960. The number of amidine groups is 1. The van der Waals surface area contributed by atoms with Gasteiger partial charge in [-0.25, -0.2) is 13.5 Å². The van der Waals surface area contributed by atoms with Gasteiger partial charge in [0.05, 0.1) is 11.0 Å². The highest BCUT2D eigenvalue weighted by atomic mass is 32.2. The number of halogens is 3. The standard InChI is InChI=1S/C40H52F3N9O5S/c1-45-33-22-28(6-11-31(33)37(44)51(25-53)19-16-36(55)46-2)27-14-17-50(18-15-27)24-26-12-20-52(21-13-26)58(56)30-9-7-29(8-10-30)48-39-47-23-32(40(41,42)43)38(49-39)57-35-5-3-4-34(35)54/h6-11,22-23,25-27,34-35,44-45,54H,3-5,12-21,24H2,1-2H3,(H,46,55)(H,47,48,49). The summed E-state index contributed by atoms with van der Waals surface area (Å²) in [5.41, 5.74) is 1.95. The fraction of sp³-hybridized carbons (Fsp3) is 0.525. The van der Waals surface area contributed by atoms with Crippen LogP contribution in [0.3, 0.4) is 0 Å². The number of hydrogen-bond donors (Lipinski definition) is 5.